The van der Waals surface area contributed by atoms with Crippen LogP contribution in [0.5, 0.6) is 0 Å². The topological polar surface area (TPSA) is 3.24 Å². The van der Waals surface area contributed by atoms with Gasteiger partial charge in [-0.05, 0) is 130 Å². The number of para-hydroxylation sites is 2. The first kappa shape index (κ1) is 37.1. The minimum Gasteiger partial charge on any atom is -0.310 e. The number of nitrogens with zero attached hydrogens (tertiary/aromatic N) is 1. The molecule has 0 atom stereocenters. The lowest BCUT2D eigenvalue weighted by atomic mass is 9.70. The molecule has 6 aromatic rings. The maximum atomic E-state index is 2.62. The molecule has 6 aromatic carbocycles. The molecule has 0 aromatic heterocycles. The normalized spacial score (nSPS) is 14.3. The zero-order valence-corrected chi connectivity index (χ0v) is 33.7. The Kier molecular flexibility index (Phi) is 10.8. The zero-order chi connectivity index (χ0) is 37.8. The summed E-state index contributed by atoms with van der Waals surface area (Å²) in [6.45, 7) is 9.41. The van der Waals surface area contributed by atoms with Crippen LogP contribution in [0.3, 0.4) is 0 Å². The predicted molar refractivity (Wildman–Crippen MR) is 237 cm³/mol. The molecule has 1 heteroatoms. The van der Waals surface area contributed by atoms with Gasteiger partial charge in [-0.3, -0.25) is 0 Å². The van der Waals surface area contributed by atoms with Gasteiger partial charge in [-0.2, -0.15) is 0 Å². The molecule has 55 heavy (non-hydrogen) atoms. The van der Waals surface area contributed by atoms with E-state index in [9.17, 15) is 0 Å². The summed E-state index contributed by atoms with van der Waals surface area (Å²) in [7, 11) is 0. The molecule has 0 bridgehead atoms. The molecule has 0 amide bonds. The van der Waals surface area contributed by atoms with Gasteiger partial charge in [0, 0.05) is 27.9 Å². The first-order valence-electron chi connectivity index (χ1n) is 21.5. The van der Waals surface area contributed by atoms with Crippen LogP contribution in [0.2, 0.25) is 0 Å². The highest BCUT2D eigenvalue weighted by molar-refractivity contribution is 5.89. The second-order valence-corrected chi connectivity index (χ2v) is 16.4. The van der Waals surface area contributed by atoms with Crippen molar-refractivity contribution in [2.24, 2.45) is 0 Å². The fourth-order valence-corrected chi connectivity index (χ4v) is 10.3. The Balaban J connectivity index is 1.28. The van der Waals surface area contributed by atoms with Crippen LogP contribution in [0.4, 0.5) is 17.1 Å². The van der Waals surface area contributed by atoms with Crippen molar-refractivity contribution in [3.8, 4) is 33.4 Å². The SMILES string of the molecule is CCCCC1(CCCC)c2ccccc2-c2ccc(-c3ccc4c(c3)C(CCCC)(CCCC)c3cc(N(c5ccccc5)c5ccccc5)ccc3-4)cc21. The summed E-state index contributed by atoms with van der Waals surface area (Å²) in [6.07, 6.45) is 14.6. The lowest BCUT2D eigenvalue weighted by molar-refractivity contribution is 0.414. The summed E-state index contributed by atoms with van der Waals surface area (Å²) < 4.78 is 0. The Morgan fingerprint density at radius 1 is 0.345 bits per heavy atom. The maximum Gasteiger partial charge on any atom is 0.0465 e. The number of rotatable bonds is 16. The van der Waals surface area contributed by atoms with E-state index in [1.807, 2.05) is 0 Å². The maximum absolute atomic E-state index is 2.62. The molecular weight excluding hydrogens is 663 g/mol. The van der Waals surface area contributed by atoms with Gasteiger partial charge >= 0.3 is 0 Å². The van der Waals surface area contributed by atoms with E-state index in [1.54, 1.807) is 11.1 Å². The molecule has 1 nitrogen and oxygen atoms in total. The molecule has 0 saturated carbocycles. The number of unbranched alkanes of at least 4 members (excludes halogenated alkanes) is 4. The second-order valence-electron chi connectivity index (χ2n) is 16.4. The summed E-state index contributed by atoms with van der Waals surface area (Å²) in [4.78, 5) is 2.44. The fourth-order valence-electron chi connectivity index (χ4n) is 10.3. The van der Waals surface area contributed by atoms with Crippen LogP contribution in [-0.2, 0) is 10.8 Å². The average molecular weight is 722 g/mol. The Morgan fingerprint density at radius 3 is 1.20 bits per heavy atom. The van der Waals surface area contributed by atoms with Crippen LogP contribution < -0.4 is 4.90 Å². The van der Waals surface area contributed by atoms with Gasteiger partial charge < -0.3 is 4.90 Å². The van der Waals surface area contributed by atoms with Gasteiger partial charge in [-0.15, -0.1) is 0 Å². The van der Waals surface area contributed by atoms with Gasteiger partial charge in [-0.25, -0.2) is 0 Å². The Morgan fingerprint density at radius 2 is 0.727 bits per heavy atom. The van der Waals surface area contributed by atoms with Crippen molar-refractivity contribution >= 4 is 17.1 Å². The number of hydrogen-bond acceptors (Lipinski definition) is 1. The van der Waals surface area contributed by atoms with E-state index in [-0.39, 0.29) is 10.8 Å². The van der Waals surface area contributed by atoms with Crippen molar-refractivity contribution < 1.29 is 0 Å². The molecule has 0 saturated heterocycles. The highest BCUT2D eigenvalue weighted by atomic mass is 15.1. The van der Waals surface area contributed by atoms with Crippen molar-refractivity contribution in [3.63, 3.8) is 0 Å². The van der Waals surface area contributed by atoms with Crippen LogP contribution in [-0.4, -0.2) is 0 Å². The molecule has 0 spiro atoms. The fraction of sp³-hybridized carbons (Fsp3) is 0.333. The van der Waals surface area contributed by atoms with Crippen LogP contribution in [0.25, 0.3) is 33.4 Å². The minimum atomic E-state index is -0.0271. The van der Waals surface area contributed by atoms with Crippen molar-refractivity contribution in [2.75, 3.05) is 4.90 Å². The predicted octanol–water partition coefficient (Wildman–Crippen LogP) is 16.1. The highest BCUT2D eigenvalue weighted by Gasteiger charge is 2.44. The molecule has 0 N–H and O–H groups in total. The minimum absolute atomic E-state index is 0.0271. The first-order valence-corrected chi connectivity index (χ1v) is 21.5. The second kappa shape index (κ2) is 16.1. The Labute approximate surface area is 331 Å². The third-order valence-electron chi connectivity index (χ3n) is 13.1. The largest absolute Gasteiger partial charge is 0.310 e. The standard InChI is InChI=1S/C54H59N/c1-5-9-33-53(34-10-6-2)49-26-20-19-25-45(49)46-30-27-40(37-50(46)53)41-28-31-47-48-32-29-44(55(42-21-15-13-16-22-42)43-23-17-14-18-24-43)39-52(48)54(35-11-7-3,36-12-8-4)51(47)38-41/h13-32,37-39H,5-12,33-36H2,1-4H3. The van der Waals surface area contributed by atoms with Crippen molar-refractivity contribution in [1.82, 2.24) is 0 Å². The van der Waals surface area contributed by atoms with Gasteiger partial charge in [0.25, 0.3) is 0 Å². The number of benzene rings is 6. The van der Waals surface area contributed by atoms with E-state index in [4.69, 9.17) is 0 Å². The van der Waals surface area contributed by atoms with Gasteiger partial charge in [0.15, 0.2) is 0 Å². The van der Waals surface area contributed by atoms with Crippen LogP contribution in [0.1, 0.15) is 127 Å². The Hall–Kier alpha value is -4.88. The zero-order valence-electron chi connectivity index (χ0n) is 33.7. The first-order chi connectivity index (χ1) is 27.1. The third kappa shape index (κ3) is 6.54. The number of hydrogen-bond donors (Lipinski definition) is 0. The van der Waals surface area contributed by atoms with E-state index < -0.39 is 0 Å². The lowest BCUT2D eigenvalue weighted by Gasteiger charge is -2.34. The summed E-state index contributed by atoms with van der Waals surface area (Å²) in [5, 5.41) is 0. The number of anilines is 3. The molecule has 280 valence electrons. The van der Waals surface area contributed by atoms with E-state index >= 15 is 0 Å². The van der Waals surface area contributed by atoms with E-state index in [0.29, 0.717) is 0 Å². The smallest absolute Gasteiger partial charge is 0.0465 e. The van der Waals surface area contributed by atoms with Gasteiger partial charge in [0.1, 0.15) is 0 Å². The van der Waals surface area contributed by atoms with Gasteiger partial charge in [0.05, 0.1) is 0 Å². The summed E-state index contributed by atoms with van der Waals surface area (Å²) in [5.74, 6) is 0. The molecule has 0 radical (unpaired) electrons. The van der Waals surface area contributed by atoms with E-state index in [2.05, 4.69) is 172 Å². The van der Waals surface area contributed by atoms with Crippen LogP contribution in [0, 0.1) is 0 Å². The molecule has 2 aliphatic rings. The van der Waals surface area contributed by atoms with Crippen LogP contribution >= 0.6 is 0 Å². The number of fused-ring (bicyclic) bond motifs is 6. The Bertz CT molecular complexity index is 2170. The highest BCUT2D eigenvalue weighted by Crippen LogP contribution is 2.58. The molecular formula is C54H59N. The van der Waals surface area contributed by atoms with Crippen molar-refractivity contribution in [2.45, 2.75) is 116 Å². The molecule has 0 fully saturated rings. The van der Waals surface area contributed by atoms with Gasteiger partial charge in [0.2, 0.25) is 0 Å². The molecule has 2 aliphatic carbocycles. The van der Waals surface area contributed by atoms with Crippen molar-refractivity contribution in [3.05, 3.63) is 162 Å². The molecule has 8 rings (SSSR count). The van der Waals surface area contributed by atoms with Gasteiger partial charge in [-0.1, -0.05) is 170 Å². The van der Waals surface area contributed by atoms with E-state index in [1.165, 1.54) is 139 Å². The van der Waals surface area contributed by atoms with Crippen LogP contribution in [0.15, 0.2) is 140 Å². The molecule has 0 unspecified atom stereocenters. The summed E-state index contributed by atoms with van der Waals surface area (Å²) >= 11 is 0. The molecule has 0 heterocycles. The summed E-state index contributed by atoms with van der Waals surface area (Å²) in [6, 6.07) is 53.4. The van der Waals surface area contributed by atoms with E-state index in [0.717, 1.165) is 0 Å². The summed E-state index contributed by atoms with van der Waals surface area (Å²) in [5.41, 5.74) is 18.3. The monoisotopic (exact) mass is 721 g/mol. The third-order valence-corrected chi connectivity index (χ3v) is 13.1. The quantitative estimate of drug-likeness (QED) is 0.0962. The average Bonchev–Trinajstić information content (AvgIpc) is 3.67. The molecule has 0 aliphatic heterocycles. The van der Waals surface area contributed by atoms with Crippen molar-refractivity contribution in [1.29, 1.82) is 0 Å². The lowest BCUT2D eigenvalue weighted by Crippen LogP contribution is -2.26.